The van der Waals surface area contributed by atoms with Crippen LogP contribution in [0.1, 0.15) is 32.2 Å². The van der Waals surface area contributed by atoms with Gasteiger partial charge in [0.25, 0.3) is 0 Å². The minimum atomic E-state index is -3.68. The Balaban J connectivity index is 3.15. The molecule has 17 heavy (non-hydrogen) atoms. The van der Waals surface area contributed by atoms with Crippen molar-refractivity contribution in [1.82, 2.24) is 14.9 Å². The standard InChI is InChI=1S/C10H19N3O3S/c1-6-9(7(2)12-11-6)17(15,16)13-10(4,5)8(3)14/h8,13-14H,1-5H3,(H,11,12). The highest BCUT2D eigenvalue weighted by molar-refractivity contribution is 7.89. The molecule has 98 valence electrons. The third kappa shape index (κ3) is 2.85. The molecule has 1 unspecified atom stereocenters. The molecular weight excluding hydrogens is 242 g/mol. The lowest BCUT2D eigenvalue weighted by Crippen LogP contribution is -2.50. The summed E-state index contributed by atoms with van der Waals surface area (Å²) in [6.07, 6.45) is -0.801. The molecule has 3 N–H and O–H groups in total. The lowest BCUT2D eigenvalue weighted by atomic mass is 10.0. The molecule has 0 fully saturated rings. The number of hydrogen-bond donors (Lipinski definition) is 3. The van der Waals surface area contributed by atoms with E-state index in [1.807, 2.05) is 0 Å². The van der Waals surface area contributed by atoms with Gasteiger partial charge in [0.15, 0.2) is 0 Å². The molecule has 1 heterocycles. The normalized spacial score (nSPS) is 14.9. The average molecular weight is 261 g/mol. The fourth-order valence-corrected chi connectivity index (χ4v) is 3.27. The predicted molar refractivity (Wildman–Crippen MR) is 64.1 cm³/mol. The molecule has 1 aromatic rings. The van der Waals surface area contributed by atoms with Crippen molar-refractivity contribution in [2.45, 2.75) is 51.2 Å². The SMILES string of the molecule is Cc1n[nH]c(C)c1S(=O)(=O)NC(C)(C)C(C)O. The highest BCUT2D eigenvalue weighted by atomic mass is 32.2. The van der Waals surface area contributed by atoms with Crippen LogP contribution >= 0.6 is 0 Å². The van der Waals surface area contributed by atoms with Gasteiger partial charge in [0.2, 0.25) is 10.0 Å². The highest BCUT2D eigenvalue weighted by Gasteiger charge is 2.32. The summed E-state index contributed by atoms with van der Waals surface area (Å²) in [6.45, 7) is 8.05. The Hall–Kier alpha value is -0.920. The van der Waals surface area contributed by atoms with Gasteiger partial charge in [-0.1, -0.05) is 0 Å². The van der Waals surface area contributed by atoms with E-state index in [1.54, 1.807) is 27.7 Å². The number of aliphatic hydroxyl groups excluding tert-OH is 1. The first-order valence-electron chi connectivity index (χ1n) is 5.31. The van der Waals surface area contributed by atoms with Crippen LogP contribution in [0, 0.1) is 13.8 Å². The molecule has 0 saturated heterocycles. The Morgan fingerprint density at radius 3 is 2.29 bits per heavy atom. The summed E-state index contributed by atoms with van der Waals surface area (Å²) in [5.41, 5.74) is -0.0394. The van der Waals surface area contributed by atoms with E-state index in [2.05, 4.69) is 14.9 Å². The Morgan fingerprint density at radius 1 is 1.41 bits per heavy atom. The van der Waals surface area contributed by atoms with Gasteiger partial charge < -0.3 is 5.11 Å². The molecular formula is C10H19N3O3S. The molecule has 0 saturated carbocycles. The first-order valence-corrected chi connectivity index (χ1v) is 6.80. The van der Waals surface area contributed by atoms with Gasteiger partial charge in [-0.15, -0.1) is 0 Å². The number of sulfonamides is 1. The largest absolute Gasteiger partial charge is 0.391 e. The van der Waals surface area contributed by atoms with E-state index < -0.39 is 21.7 Å². The minimum Gasteiger partial charge on any atom is -0.391 e. The smallest absolute Gasteiger partial charge is 0.244 e. The number of aryl methyl sites for hydroxylation is 2. The van der Waals surface area contributed by atoms with Gasteiger partial charge in [-0.2, -0.15) is 5.10 Å². The number of nitrogens with zero attached hydrogens (tertiary/aromatic N) is 1. The number of nitrogens with one attached hydrogen (secondary N) is 2. The topological polar surface area (TPSA) is 95.1 Å². The molecule has 0 aliphatic carbocycles. The maximum Gasteiger partial charge on any atom is 0.244 e. The summed E-state index contributed by atoms with van der Waals surface area (Å²) in [4.78, 5) is 0.145. The minimum absolute atomic E-state index is 0.145. The monoisotopic (exact) mass is 261 g/mol. The van der Waals surface area contributed by atoms with Crippen molar-refractivity contribution in [3.05, 3.63) is 11.4 Å². The molecule has 0 radical (unpaired) electrons. The van der Waals surface area contributed by atoms with Crippen LogP contribution in [0.4, 0.5) is 0 Å². The van der Waals surface area contributed by atoms with Crippen LogP contribution in [0.25, 0.3) is 0 Å². The van der Waals surface area contributed by atoms with Crippen molar-refractivity contribution < 1.29 is 13.5 Å². The molecule has 0 spiro atoms. The average Bonchev–Trinajstić information content (AvgIpc) is 2.44. The van der Waals surface area contributed by atoms with Gasteiger partial charge in [-0.05, 0) is 34.6 Å². The molecule has 6 nitrogen and oxygen atoms in total. The fraction of sp³-hybridized carbons (Fsp3) is 0.700. The molecule has 7 heteroatoms. The van der Waals surface area contributed by atoms with Crippen LogP contribution in [0.3, 0.4) is 0 Å². The number of aromatic nitrogens is 2. The van der Waals surface area contributed by atoms with Crippen LogP contribution in [0.2, 0.25) is 0 Å². The molecule has 0 aromatic carbocycles. The summed E-state index contributed by atoms with van der Waals surface area (Å²) < 4.78 is 26.8. The number of aliphatic hydroxyl groups is 1. The van der Waals surface area contributed by atoms with Crippen LogP contribution in [-0.2, 0) is 10.0 Å². The predicted octanol–water partition coefficient (Wildman–Crippen LogP) is 0.464. The van der Waals surface area contributed by atoms with Gasteiger partial charge >= 0.3 is 0 Å². The summed E-state index contributed by atoms with van der Waals surface area (Å²) in [6, 6.07) is 0. The fourth-order valence-electron chi connectivity index (χ4n) is 1.42. The molecule has 1 aromatic heterocycles. The third-order valence-electron chi connectivity index (χ3n) is 2.77. The zero-order valence-electron chi connectivity index (χ0n) is 10.7. The molecule has 0 bridgehead atoms. The maximum absolute atomic E-state index is 12.2. The van der Waals surface area contributed by atoms with Crippen molar-refractivity contribution >= 4 is 10.0 Å². The maximum atomic E-state index is 12.2. The number of rotatable bonds is 4. The Bertz CT molecular complexity index is 483. The van der Waals surface area contributed by atoms with Crippen LogP contribution in [0.5, 0.6) is 0 Å². The van der Waals surface area contributed by atoms with E-state index in [1.165, 1.54) is 6.92 Å². The van der Waals surface area contributed by atoms with Crippen molar-refractivity contribution in [2.24, 2.45) is 0 Å². The van der Waals surface area contributed by atoms with E-state index in [9.17, 15) is 13.5 Å². The molecule has 0 aliphatic rings. The Kier molecular flexibility index (Phi) is 3.66. The summed E-state index contributed by atoms with van der Waals surface area (Å²) >= 11 is 0. The van der Waals surface area contributed by atoms with Crippen LogP contribution < -0.4 is 4.72 Å². The van der Waals surface area contributed by atoms with Crippen molar-refractivity contribution in [1.29, 1.82) is 0 Å². The van der Waals surface area contributed by atoms with Crippen molar-refractivity contribution in [3.8, 4) is 0 Å². The van der Waals surface area contributed by atoms with E-state index >= 15 is 0 Å². The van der Waals surface area contributed by atoms with E-state index in [-0.39, 0.29) is 4.90 Å². The van der Waals surface area contributed by atoms with Gasteiger partial charge in [0.05, 0.1) is 23.0 Å². The molecule has 1 atom stereocenters. The third-order valence-corrected chi connectivity index (χ3v) is 4.70. The quantitative estimate of drug-likeness (QED) is 0.734. The van der Waals surface area contributed by atoms with E-state index in [0.29, 0.717) is 11.4 Å². The van der Waals surface area contributed by atoms with Crippen molar-refractivity contribution in [2.75, 3.05) is 0 Å². The number of aromatic amines is 1. The van der Waals surface area contributed by atoms with E-state index in [0.717, 1.165) is 0 Å². The van der Waals surface area contributed by atoms with Gasteiger partial charge in [-0.25, -0.2) is 13.1 Å². The van der Waals surface area contributed by atoms with Gasteiger partial charge in [0, 0.05) is 0 Å². The Labute approximate surface area is 101 Å². The summed E-state index contributed by atoms with van der Waals surface area (Å²) in [7, 11) is -3.68. The van der Waals surface area contributed by atoms with Crippen molar-refractivity contribution in [3.63, 3.8) is 0 Å². The Morgan fingerprint density at radius 2 is 1.94 bits per heavy atom. The van der Waals surface area contributed by atoms with Crippen LogP contribution in [-0.4, -0.2) is 35.4 Å². The van der Waals surface area contributed by atoms with Crippen LogP contribution in [0.15, 0.2) is 4.90 Å². The number of hydrogen-bond acceptors (Lipinski definition) is 4. The summed E-state index contributed by atoms with van der Waals surface area (Å²) in [5.74, 6) is 0. The molecule has 1 rings (SSSR count). The second-order valence-electron chi connectivity index (χ2n) is 4.77. The lowest BCUT2D eigenvalue weighted by molar-refractivity contribution is 0.111. The second-order valence-corrected chi connectivity index (χ2v) is 6.39. The summed E-state index contributed by atoms with van der Waals surface area (Å²) in [5, 5.41) is 16.0. The highest BCUT2D eigenvalue weighted by Crippen LogP contribution is 2.20. The van der Waals surface area contributed by atoms with Gasteiger partial charge in [0.1, 0.15) is 4.90 Å². The van der Waals surface area contributed by atoms with E-state index in [4.69, 9.17) is 0 Å². The second kappa shape index (κ2) is 4.40. The number of H-pyrrole nitrogens is 1. The molecule has 0 amide bonds. The zero-order chi connectivity index (χ0) is 13.4. The zero-order valence-corrected chi connectivity index (χ0v) is 11.5. The first kappa shape index (κ1) is 14.1. The first-order chi connectivity index (χ1) is 7.58. The molecule has 0 aliphatic heterocycles. The lowest BCUT2D eigenvalue weighted by Gasteiger charge is -2.28. The van der Waals surface area contributed by atoms with Gasteiger partial charge in [-0.3, -0.25) is 5.10 Å².